The monoisotopic (exact) mass is 364 g/mol. The van der Waals surface area contributed by atoms with Crippen molar-refractivity contribution in [2.24, 2.45) is 0 Å². The van der Waals surface area contributed by atoms with E-state index < -0.39 is 0 Å². The van der Waals surface area contributed by atoms with Gasteiger partial charge in [-0.05, 0) is 38.2 Å². The van der Waals surface area contributed by atoms with Crippen molar-refractivity contribution in [1.82, 2.24) is 14.8 Å². The number of aromatic nitrogens is 1. The van der Waals surface area contributed by atoms with Gasteiger partial charge in [0.2, 0.25) is 5.91 Å². The first-order valence-corrected chi connectivity index (χ1v) is 9.49. The van der Waals surface area contributed by atoms with Crippen molar-refractivity contribution in [1.29, 1.82) is 0 Å². The summed E-state index contributed by atoms with van der Waals surface area (Å²) in [5, 5.41) is 3.51. The molecule has 6 nitrogen and oxygen atoms in total. The second-order valence-corrected chi connectivity index (χ2v) is 7.08. The summed E-state index contributed by atoms with van der Waals surface area (Å²) in [5.74, 6) is 0.675. The van der Waals surface area contributed by atoms with E-state index in [1.165, 1.54) is 6.42 Å². The molecule has 136 valence electrons. The number of pyridine rings is 1. The van der Waals surface area contributed by atoms with Gasteiger partial charge in [-0.1, -0.05) is 11.6 Å². The predicted octanol–water partition coefficient (Wildman–Crippen LogP) is 2.79. The third kappa shape index (κ3) is 4.63. The molecule has 2 amide bonds. The van der Waals surface area contributed by atoms with Crippen molar-refractivity contribution in [2.45, 2.75) is 38.5 Å². The molecule has 0 atom stereocenters. The van der Waals surface area contributed by atoms with Crippen LogP contribution in [0.1, 0.15) is 48.9 Å². The van der Waals surface area contributed by atoms with Crippen LogP contribution in [0.15, 0.2) is 12.3 Å². The number of likely N-dealkylation sites (tertiary alicyclic amines) is 2. The highest BCUT2D eigenvalue weighted by Gasteiger charge is 2.20. The summed E-state index contributed by atoms with van der Waals surface area (Å²) in [4.78, 5) is 32.5. The third-order valence-electron chi connectivity index (χ3n) is 4.82. The van der Waals surface area contributed by atoms with Gasteiger partial charge >= 0.3 is 0 Å². The highest BCUT2D eigenvalue weighted by Crippen LogP contribution is 2.22. The topological polar surface area (TPSA) is 65.5 Å². The molecule has 7 heteroatoms. The molecule has 0 spiro atoms. The fourth-order valence-corrected chi connectivity index (χ4v) is 3.61. The van der Waals surface area contributed by atoms with E-state index in [1.807, 2.05) is 9.80 Å². The minimum Gasteiger partial charge on any atom is -0.368 e. The number of rotatable bonds is 5. The largest absolute Gasteiger partial charge is 0.368 e. The van der Waals surface area contributed by atoms with Crippen LogP contribution in [-0.2, 0) is 4.79 Å². The molecular formula is C18H25ClN4O2. The number of piperidine rings is 1. The van der Waals surface area contributed by atoms with Gasteiger partial charge in [-0.2, -0.15) is 0 Å². The predicted molar refractivity (Wildman–Crippen MR) is 97.9 cm³/mol. The lowest BCUT2D eigenvalue weighted by atomic mass is 10.1. The summed E-state index contributed by atoms with van der Waals surface area (Å²) in [7, 11) is 0. The Labute approximate surface area is 153 Å². The Balaban J connectivity index is 1.52. The van der Waals surface area contributed by atoms with Crippen LogP contribution < -0.4 is 5.32 Å². The lowest BCUT2D eigenvalue weighted by molar-refractivity contribution is -0.129. The molecule has 2 saturated heterocycles. The summed E-state index contributed by atoms with van der Waals surface area (Å²) in [6, 6.07) is 1.66. The van der Waals surface area contributed by atoms with Crippen molar-refractivity contribution < 1.29 is 9.59 Å². The molecule has 1 aromatic rings. The molecule has 0 saturated carbocycles. The summed E-state index contributed by atoms with van der Waals surface area (Å²) in [6.07, 6.45) is 7.47. The highest BCUT2D eigenvalue weighted by atomic mass is 35.5. The first kappa shape index (κ1) is 18.0. The van der Waals surface area contributed by atoms with E-state index >= 15 is 0 Å². The van der Waals surface area contributed by atoms with Crippen molar-refractivity contribution in [3.05, 3.63) is 22.8 Å². The minimum atomic E-state index is -0.00939. The third-order valence-corrected chi connectivity index (χ3v) is 5.11. The maximum absolute atomic E-state index is 12.5. The van der Waals surface area contributed by atoms with Crippen molar-refractivity contribution in [3.8, 4) is 0 Å². The van der Waals surface area contributed by atoms with E-state index in [0.717, 1.165) is 51.9 Å². The number of hydrogen-bond donors (Lipinski definition) is 1. The zero-order chi connectivity index (χ0) is 17.6. The van der Waals surface area contributed by atoms with Crippen LogP contribution in [0.25, 0.3) is 0 Å². The van der Waals surface area contributed by atoms with E-state index in [1.54, 1.807) is 12.3 Å². The molecule has 0 unspecified atom stereocenters. The lowest BCUT2D eigenvalue weighted by Gasteiger charge is -2.26. The molecule has 2 fully saturated rings. The first-order chi connectivity index (χ1) is 12.1. The number of amides is 2. The van der Waals surface area contributed by atoms with Gasteiger partial charge in [0.25, 0.3) is 5.91 Å². The molecule has 0 radical (unpaired) electrons. The SMILES string of the molecule is O=C(CCNc1ncc(C(=O)N2CCCCC2)cc1Cl)N1CCCC1. The van der Waals surface area contributed by atoms with Gasteiger partial charge in [0, 0.05) is 45.3 Å². The lowest BCUT2D eigenvalue weighted by Crippen LogP contribution is -2.35. The molecule has 0 aromatic carbocycles. The maximum atomic E-state index is 12.5. The number of halogens is 1. The van der Waals surface area contributed by atoms with Crippen LogP contribution in [-0.4, -0.2) is 59.3 Å². The molecule has 2 aliphatic heterocycles. The van der Waals surface area contributed by atoms with Gasteiger partial charge in [-0.15, -0.1) is 0 Å². The summed E-state index contributed by atoms with van der Waals surface area (Å²) >= 11 is 6.26. The van der Waals surface area contributed by atoms with Crippen LogP contribution >= 0.6 is 11.6 Å². The number of anilines is 1. The number of nitrogens with zero attached hydrogens (tertiary/aromatic N) is 3. The van der Waals surface area contributed by atoms with Gasteiger partial charge in [0.15, 0.2) is 0 Å². The Morgan fingerprint density at radius 1 is 1.04 bits per heavy atom. The van der Waals surface area contributed by atoms with Crippen LogP contribution in [0.5, 0.6) is 0 Å². The van der Waals surface area contributed by atoms with E-state index in [4.69, 9.17) is 11.6 Å². The molecule has 1 aromatic heterocycles. The standard InChI is InChI=1S/C18H25ClN4O2/c19-15-12-14(18(25)23-10-2-1-3-11-23)13-21-17(15)20-7-6-16(24)22-8-4-5-9-22/h12-13H,1-11H2,(H,20,21). The molecule has 0 bridgehead atoms. The zero-order valence-corrected chi connectivity index (χ0v) is 15.2. The fraction of sp³-hybridized carbons (Fsp3) is 0.611. The van der Waals surface area contributed by atoms with Gasteiger partial charge in [-0.25, -0.2) is 4.98 Å². The number of carbonyl (C=O) groups is 2. The molecule has 3 rings (SSSR count). The summed E-state index contributed by atoms with van der Waals surface area (Å²) in [6.45, 7) is 3.82. The summed E-state index contributed by atoms with van der Waals surface area (Å²) < 4.78 is 0. The average molecular weight is 365 g/mol. The Hall–Kier alpha value is -1.82. The van der Waals surface area contributed by atoms with E-state index in [0.29, 0.717) is 29.4 Å². The molecule has 0 aliphatic carbocycles. The number of nitrogens with one attached hydrogen (secondary N) is 1. The van der Waals surface area contributed by atoms with Gasteiger partial charge < -0.3 is 15.1 Å². The number of hydrogen-bond acceptors (Lipinski definition) is 4. The average Bonchev–Trinajstić information content (AvgIpc) is 3.18. The second-order valence-electron chi connectivity index (χ2n) is 6.67. The van der Waals surface area contributed by atoms with Crippen molar-refractivity contribution in [3.63, 3.8) is 0 Å². The Kier molecular flexibility index (Phi) is 6.13. The Morgan fingerprint density at radius 2 is 1.68 bits per heavy atom. The Morgan fingerprint density at radius 3 is 2.36 bits per heavy atom. The fourth-order valence-electron chi connectivity index (χ4n) is 3.38. The smallest absolute Gasteiger partial charge is 0.255 e. The summed E-state index contributed by atoms with van der Waals surface area (Å²) in [5.41, 5.74) is 0.519. The van der Waals surface area contributed by atoms with Crippen molar-refractivity contribution in [2.75, 3.05) is 38.0 Å². The minimum absolute atomic E-state index is 0.00939. The quantitative estimate of drug-likeness (QED) is 0.872. The van der Waals surface area contributed by atoms with Crippen LogP contribution in [0.3, 0.4) is 0 Å². The molecule has 3 heterocycles. The molecular weight excluding hydrogens is 340 g/mol. The van der Waals surface area contributed by atoms with Crippen molar-refractivity contribution >= 4 is 29.2 Å². The molecule has 25 heavy (non-hydrogen) atoms. The molecule has 2 aliphatic rings. The maximum Gasteiger partial charge on any atom is 0.255 e. The van der Waals surface area contributed by atoms with E-state index in [-0.39, 0.29) is 11.8 Å². The van der Waals surface area contributed by atoms with Crippen LogP contribution in [0, 0.1) is 0 Å². The van der Waals surface area contributed by atoms with Gasteiger partial charge in [0.1, 0.15) is 5.82 Å². The zero-order valence-electron chi connectivity index (χ0n) is 14.5. The van der Waals surface area contributed by atoms with Crippen LogP contribution in [0.4, 0.5) is 5.82 Å². The normalized spacial score (nSPS) is 17.6. The number of carbonyl (C=O) groups excluding carboxylic acids is 2. The van der Waals surface area contributed by atoms with Gasteiger partial charge in [-0.3, -0.25) is 9.59 Å². The highest BCUT2D eigenvalue weighted by molar-refractivity contribution is 6.33. The molecule has 1 N–H and O–H groups in total. The van der Waals surface area contributed by atoms with E-state index in [9.17, 15) is 9.59 Å². The van der Waals surface area contributed by atoms with Crippen LogP contribution in [0.2, 0.25) is 5.02 Å². The Bertz CT molecular complexity index is 626. The van der Waals surface area contributed by atoms with E-state index in [2.05, 4.69) is 10.3 Å². The second kappa shape index (κ2) is 8.52. The van der Waals surface area contributed by atoms with Gasteiger partial charge in [0.05, 0.1) is 10.6 Å². The first-order valence-electron chi connectivity index (χ1n) is 9.11.